The molecule has 1 unspecified atom stereocenters. The van der Waals surface area contributed by atoms with Crippen molar-refractivity contribution in [3.05, 3.63) is 44.9 Å². The van der Waals surface area contributed by atoms with Crippen molar-refractivity contribution in [2.75, 3.05) is 6.54 Å². The molecule has 0 bridgehead atoms. The Morgan fingerprint density at radius 3 is 2.84 bits per heavy atom. The van der Waals surface area contributed by atoms with E-state index in [1.807, 2.05) is 6.92 Å². The van der Waals surface area contributed by atoms with Crippen LogP contribution >= 0.6 is 27.5 Å². The summed E-state index contributed by atoms with van der Waals surface area (Å²) in [6.45, 7) is 2.63. The van der Waals surface area contributed by atoms with E-state index in [4.69, 9.17) is 0 Å². The van der Waals surface area contributed by atoms with Gasteiger partial charge < -0.3 is 5.32 Å². The minimum absolute atomic E-state index is 0.0636. The number of hydrogen-bond acceptors (Lipinski definition) is 4. The van der Waals surface area contributed by atoms with Gasteiger partial charge in [0.1, 0.15) is 11.6 Å². The molecule has 3 nitrogen and oxygen atoms in total. The lowest BCUT2D eigenvalue weighted by atomic mass is 10.0. The van der Waals surface area contributed by atoms with Gasteiger partial charge in [-0.1, -0.05) is 11.4 Å². The van der Waals surface area contributed by atoms with Crippen molar-refractivity contribution in [3.8, 4) is 0 Å². The van der Waals surface area contributed by atoms with E-state index in [0.717, 1.165) is 4.88 Å². The van der Waals surface area contributed by atoms with Crippen molar-refractivity contribution in [1.82, 2.24) is 14.9 Å². The van der Waals surface area contributed by atoms with Gasteiger partial charge in [-0.15, -0.1) is 5.10 Å². The number of rotatable bonds is 5. The molecule has 1 N–H and O–H groups in total. The molecular formula is C12H12BrF2N3S. The largest absolute Gasteiger partial charge is 0.309 e. The molecule has 0 spiro atoms. The molecule has 0 aliphatic heterocycles. The van der Waals surface area contributed by atoms with Crippen molar-refractivity contribution in [3.63, 3.8) is 0 Å². The number of benzene rings is 1. The molecule has 0 saturated carbocycles. The summed E-state index contributed by atoms with van der Waals surface area (Å²) in [6.07, 6.45) is 1.83. The third-order valence-electron chi connectivity index (χ3n) is 2.72. The quantitative estimate of drug-likeness (QED) is 0.841. The van der Waals surface area contributed by atoms with Crippen LogP contribution in [0.25, 0.3) is 0 Å². The molecule has 2 rings (SSSR count). The predicted molar refractivity (Wildman–Crippen MR) is 74.1 cm³/mol. The Morgan fingerprint density at radius 1 is 1.42 bits per heavy atom. The Kier molecular flexibility index (Phi) is 4.95. The lowest BCUT2D eigenvalue weighted by Gasteiger charge is -2.16. The summed E-state index contributed by atoms with van der Waals surface area (Å²) < 4.78 is 31.8. The maximum absolute atomic E-state index is 14.0. The smallest absolute Gasteiger partial charge is 0.143 e. The molecular weight excluding hydrogens is 336 g/mol. The second kappa shape index (κ2) is 6.49. The zero-order chi connectivity index (χ0) is 13.8. The Morgan fingerprint density at radius 2 is 2.21 bits per heavy atom. The van der Waals surface area contributed by atoms with Crippen LogP contribution in [0.3, 0.4) is 0 Å². The summed E-state index contributed by atoms with van der Waals surface area (Å²) in [4.78, 5) is 0.862. The van der Waals surface area contributed by atoms with Gasteiger partial charge in [0.2, 0.25) is 0 Å². The molecule has 1 heterocycles. The minimum Gasteiger partial charge on any atom is -0.309 e. The molecule has 1 aromatic carbocycles. The van der Waals surface area contributed by atoms with E-state index >= 15 is 0 Å². The fraction of sp³-hybridized carbons (Fsp3) is 0.333. The van der Waals surface area contributed by atoms with Crippen LogP contribution in [0.5, 0.6) is 0 Å². The first-order valence-corrected chi connectivity index (χ1v) is 7.33. The summed E-state index contributed by atoms with van der Waals surface area (Å²) in [5, 5.41) is 6.95. The van der Waals surface area contributed by atoms with Crippen molar-refractivity contribution < 1.29 is 8.78 Å². The number of hydrogen-bond donors (Lipinski definition) is 1. The second-order valence-electron chi connectivity index (χ2n) is 3.96. The summed E-state index contributed by atoms with van der Waals surface area (Å²) in [5.41, 5.74) is 0.0636. The van der Waals surface area contributed by atoms with Crippen molar-refractivity contribution in [1.29, 1.82) is 0 Å². The fourth-order valence-corrected chi connectivity index (χ4v) is 2.76. The second-order valence-corrected chi connectivity index (χ2v) is 5.63. The lowest BCUT2D eigenvalue weighted by molar-refractivity contribution is 0.501. The van der Waals surface area contributed by atoms with Gasteiger partial charge in [0.15, 0.2) is 0 Å². The van der Waals surface area contributed by atoms with Crippen molar-refractivity contribution in [2.45, 2.75) is 19.4 Å². The highest BCUT2D eigenvalue weighted by Crippen LogP contribution is 2.27. The predicted octanol–water partition coefficient (Wildman–Crippen LogP) is 3.47. The fourth-order valence-electron chi connectivity index (χ4n) is 1.81. The molecule has 2 aromatic rings. The highest BCUT2D eigenvalue weighted by molar-refractivity contribution is 9.10. The van der Waals surface area contributed by atoms with Gasteiger partial charge in [-0.3, -0.25) is 0 Å². The van der Waals surface area contributed by atoms with Gasteiger partial charge >= 0.3 is 0 Å². The van der Waals surface area contributed by atoms with Crippen LogP contribution < -0.4 is 5.32 Å². The van der Waals surface area contributed by atoms with Gasteiger partial charge in [0.25, 0.3) is 0 Å². The van der Waals surface area contributed by atoms with E-state index in [-0.39, 0.29) is 22.5 Å². The Labute approximate surface area is 122 Å². The average Bonchev–Trinajstić information content (AvgIpc) is 2.92. The maximum atomic E-state index is 14.0. The average molecular weight is 348 g/mol. The van der Waals surface area contributed by atoms with Gasteiger partial charge in [-0.05, 0) is 52.6 Å². The minimum atomic E-state index is -0.555. The van der Waals surface area contributed by atoms with E-state index in [2.05, 4.69) is 30.8 Å². The highest BCUT2D eigenvalue weighted by atomic mass is 79.9. The maximum Gasteiger partial charge on any atom is 0.143 e. The molecule has 0 amide bonds. The molecule has 0 aliphatic carbocycles. The first-order valence-electron chi connectivity index (χ1n) is 5.76. The third-order valence-corrected chi connectivity index (χ3v) is 4.11. The summed E-state index contributed by atoms with van der Waals surface area (Å²) in [7, 11) is 0. The van der Waals surface area contributed by atoms with E-state index < -0.39 is 11.6 Å². The molecule has 0 saturated heterocycles. The molecule has 1 atom stereocenters. The first-order chi connectivity index (χ1) is 9.13. The number of nitrogens with one attached hydrogen (secondary N) is 1. The summed E-state index contributed by atoms with van der Waals surface area (Å²) in [5.74, 6) is -1.10. The summed E-state index contributed by atoms with van der Waals surface area (Å²) >= 11 is 4.30. The first kappa shape index (κ1) is 14.5. The monoisotopic (exact) mass is 347 g/mol. The number of aromatic nitrogens is 2. The molecule has 0 aliphatic rings. The molecule has 0 fully saturated rings. The zero-order valence-electron chi connectivity index (χ0n) is 10.2. The van der Waals surface area contributed by atoms with Crippen LogP contribution in [0.1, 0.15) is 23.4 Å². The normalized spacial score (nSPS) is 12.6. The van der Waals surface area contributed by atoms with E-state index in [9.17, 15) is 8.78 Å². The Balaban J connectivity index is 2.30. The number of nitrogens with zero attached hydrogens (tertiary/aromatic N) is 2. The number of likely N-dealkylation sites (N-methyl/N-ethyl adjacent to an activating group) is 1. The van der Waals surface area contributed by atoms with E-state index in [0.29, 0.717) is 6.54 Å². The van der Waals surface area contributed by atoms with Crippen molar-refractivity contribution >= 4 is 27.5 Å². The van der Waals surface area contributed by atoms with Crippen LogP contribution in [0.2, 0.25) is 0 Å². The topological polar surface area (TPSA) is 37.8 Å². The van der Waals surface area contributed by atoms with Crippen LogP contribution in [-0.4, -0.2) is 16.1 Å². The van der Waals surface area contributed by atoms with Crippen LogP contribution in [0.15, 0.2) is 22.8 Å². The summed E-state index contributed by atoms with van der Waals surface area (Å²) in [6, 6.07) is 2.43. The zero-order valence-corrected chi connectivity index (χ0v) is 12.6. The number of halogens is 3. The van der Waals surface area contributed by atoms with Gasteiger partial charge in [-0.25, -0.2) is 8.78 Å². The SMILES string of the molecule is CCNC(Cc1c(F)ccc(Br)c1F)c1cnns1. The Bertz CT molecular complexity index is 548. The standard InChI is InChI=1S/C12H12BrF2N3S/c1-2-16-10(11-6-17-18-19-11)5-7-9(14)4-3-8(13)12(7)15/h3-4,6,10,16H,2,5H2,1H3. The van der Waals surface area contributed by atoms with Gasteiger partial charge in [0.05, 0.1) is 15.5 Å². The Hall–Kier alpha value is -0.920. The van der Waals surface area contributed by atoms with Gasteiger partial charge in [0, 0.05) is 11.6 Å². The highest BCUT2D eigenvalue weighted by Gasteiger charge is 2.20. The third kappa shape index (κ3) is 3.34. The molecule has 0 radical (unpaired) electrons. The van der Waals surface area contributed by atoms with E-state index in [1.54, 1.807) is 6.20 Å². The van der Waals surface area contributed by atoms with Crippen LogP contribution in [0, 0.1) is 11.6 Å². The molecule has 7 heteroatoms. The molecule has 102 valence electrons. The van der Waals surface area contributed by atoms with E-state index in [1.165, 1.54) is 23.7 Å². The van der Waals surface area contributed by atoms with Crippen LogP contribution in [0.4, 0.5) is 8.78 Å². The molecule has 19 heavy (non-hydrogen) atoms. The van der Waals surface area contributed by atoms with Gasteiger partial charge in [-0.2, -0.15) is 0 Å². The molecule has 1 aromatic heterocycles. The van der Waals surface area contributed by atoms with Crippen molar-refractivity contribution in [2.24, 2.45) is 0 Å². The van der Waals surface area contributed by atoms with Crippen LogP contribution in [-0.2, 0) is 6.42 Å². The lowest BCUT2D eigenvalue weighted by Crippen LogP contribution is -2.23.